The Bertz CT molecular complexity index is 781. The van der Waals surface area contributed by atoms with Gasteiger partial charge in [0.25, 0.3) is 0 Å². The van der Waals surface area contributed by atoms with E-state index in [1.165, 1.54) is 178 Å². The lowest BCUT2D eigenvalue weighted by Gasteiger charge is -2.32. The zero-order chi connectivity index (χ0) is 33.9. The third-order valence-corrected chi connectivity index (χ3v) is 10.1. The summed E-state index contributed by atoms with van der Waals surface area (Å²) in [6.07, 6.45) is 33.6. The van der Waals surface area contributed by atoms with E-state index in [1.807, 2.05) is 14.2 Å². The Morgan fingerprint density at radius 2 is 0.630 bits per heavy atom. The third-order valence-electron chi connectivity index (χ3n) is 10.1. The second-order valence-corrected chi connectivity index (χ2v) is 15.9. The summed E-state index contributed by atoms with van der Waals surface area (Å²) >= 11 is 0. The molecule has 0 aromatic heterocycles. The van der Waals surface area contributed by atoms with Gasteiger partial charge in [0.05, 0.1) is 66.6 Å². The molecule has 0 bridgehead atoms. The predicted molar refractivity (Wildman–Crippen MR) is 203 cm³/mol. The molecule has 0 aliphatic carbocycles. The largest absolute Gasteiger partial charge is 0.496 e. The van der Waals surface area contributed by atoms with Crippen LogP contribution in [0.4, 0.5) is 0 Å². The highest BCUT2D eigenvalue weighted by molar-refractivity contribution is 5.46. The van der Waals surface area contributed by atoms with Crippen LogP contribution < -0.4 is 9.47 Å². The van der Waals surface area contributed by atoms with Crippen molar-refractivity contribution < 1.29 is 18.4 Å². The van der Waals surface area contributed by atoms with Gasteiger partial charge >= 0.3 is 0 Å². The summed E-state index contributed by atoms with van der Waals surface area (Å²) in [5, 5.41) is 0. The smallest absolute Gasteiger partial charge is 0.128 e. The minimum Gasteiger partial charge on any atom is -0.496 e. The summed E-state index contributed by atoms with van der Waals surface area (Å²) < 4.78 is 13.9. The Kier molecular flexibility index (Phi) is 24.8. The molecule has 46 heavy (non-hydrogen) atoms. The van der Waals surface area contributed by atoms with Crippen LogP contribution in [0.2, 0.25) is 0 Å². The maximum Gasteiger partial charge on any atom is 0.128 e. The van der Waals surface area contributed by atoms with Gasteiger partial charge in [0.15, 0.2) is 0 Å². The van der Waals surface area contributed by atoms with Crippen LogP contribution in [0.15, 0.2) is 12.1 Å². The topological polar surface area (TPSA) is 18.5 Å². The van der Waals surface area contributed by atoms with E-state index in [0.717, 1.165) is 33.6 Å². The SMILES string of the molecule is CCCCCCCCCCCCCC[N+](C)(C)Cc1cc(OC)c(C[N+](C)(C)CCCCCCCCCCCCCC)cc1OC. The molecule has 0 unspecified atom stereocenters. The van der Waals surface area contributed by atoms with Crippen LogP contribution >= 0.6 is 0 Å². The average molecular weight is 647 g/mol. The van der Waals surface area contributed by atoms with Gasteiger partial charge in [-0.3, -0.25) is 0 Å². The predicted octanol–water partition coefficient (Wildman–Crippen LogP) is 12.3. The van der Waals surface area contributed by atoms with Gasteiger partial charge in [-0.2, -0.15) is 0 Å². The van der Waals surface area contributed by atoms with Gasteiger partial charge < -0.3 is 18.4 Å². The molecule has 0 saturated heterocycles. The first-order valence-corrected chi connectivity index (χ1v) is 20.1. The van der Waals surface area contributed by atoms with Crippen molar-refractivity contribution >= 4 is 0 Å². The Hall–Kier alpha value is -1.26. The summed E-state index contributed by atoms with van der Waals surface area (Å²) in [5.74, 6) is 2.03. The highest BCUT2D eigenvalue weighted by Crippen LogP contribution is 2.32. The minimum absolute atomic E-state index is 0.967. The van der Waals surface area contributed by atoms with Crippen LogP contribution in [0.5, 0.6) is 11.5 Å². The molecule has 0 heterocycles. The van der Waals surface area contributed by atoms with Crippen LogP contribution in [0.1, 0.15) is 179 Å². The fraction of sp³-hybridized carbons (Fsp3) is 0.857. The van der Waals surface area contributed by atoms with Gasteiger partial charge in [-0.05, 0) is 37.8 Å². The number of hydrogen-bond donors (Lipinski definition) is 0. The molecule has 4 heteroatoms. The van der Waals surface area contributed by atoms with Gasteiger partial charge in [-0.1, -0.05) is 142 Å². The summed E-state index contributed by atoms with van der Waals surface area (Å²) in [6, 6.07) is 4.53. The van der Waals surface area contributed by atoms with Crippen LogP contribution in [0.25, 0.3) is 0 Å². The fourth-order valence-electron chi connectivity index (χ4n) is 7.11. The monoisotopic (exact) mass is 647 g/mol. The first kappa shape index (κ1) is 42.8. The molecule has 0 N–H and O–H groups in total. The fourth-order valence-corrected chi connectivity index (χ4v) is 7.11. The lowest BCUT2D eigenvalue weighted by Crippen LogP contribution is -2.40. The van der Waals surface area contributed by atoms with E-state index < -0.39 is 0 Å². The highest BCUT2D eigenvalue weighted by Gasteiger charge is 2.24. The normalized spacial score (nSPS) is 12.2. The van der Waals surface area contributed by atoms with Crippen molar-refractivity contribution in [2.45, 2.75) is 181 Å². The van der Waals surface area contributed by atoms with Crippen molar-refractivity contribution in [1.29, 1.82) is 0 Å². The maximum absolute atomic E-state index is 5.97. The molecular weight excluding hydrogens is 564 g/mol. The highest BCUT2D eigenvalue weighted by atomic mass is 16.5. The van der Waals surface area contributed by atoms with E-state index >= 15 is 0 Å². The van der Waals surface area contributed by atoms with Crippen molar-refractivity contribution in [2.75, 3.05) is 55.5 Å². The lowest BCUT2D eigenvalue weighted by atomic mass is 10.0. The Morgan fingerprint density at radius 3 is 0.870 bits per heavy atom. The van der Waals surface area contributed by atoms with E-state index in [-0.39, 0.29) is 0 Å². The van der Waals surface area contributed by atoms with E-state index in [1.54, 1.807) is 0 Å². The van der Waals surface area contributed by atoms with Crippen molar-refractivity contribution in [3.8, 4) is 11.5 Å². The number of unbranched alkanes of at least 4 members (excludes halogenated alkanes) is 22. The van der Waals surface area contributed by atoms with Crippen molar-refractivity contribution in [3.63, 3.8) is 0 Å². The van der Waals surface area contributed by atoms with Crippen LogP contribution in [-0.4, -0.2) is 64.5 Å². The number of rotatable bonds is 32. The Morgan fingerprint density at radius 1 is 0.391 bits per heavy atom. The van der Waals surface area contributed by atoms with Gasteiger partial charge in [0, 0.05) is 0 Å². The number of quaternary nitrogens is 2. The molecule has 0 aliphatic heterocycles. The molecule has 0 aliphatic rings. The molecular formula is C42H82N2O2+2. The molecule has 270 valence electrons. The van der Waals surface area contributed by atoms with E-state index in [0.29, 0.717) is 0 Å². The number of benzene rings is 1. The zero-order valence-electron chi connectivity index (χ0n) is 32.7. The zero-order valence-corrected chi connectivity index (χ0v) is 32.7. The van der Waals surface area contributed by atoms with Gasteiger partial charge in [0.2, 0.25) is 0 Å². The summed E-state index contributed by atoms with van der Waals surface area (Å²) in [7, 11) is 13.1. The molecule has 1 rings (SSSR count). The van der Waals surface area contributed by atoms with Crippen LogP contribution in [-0.2, 0) is 13.1 Å². The molecule has 0 atom stereocenters. The third kappa shape index (κ3) is 21.6. The first-order valence-electron chi connectivity index (χ1n) is 20.1. The van der Waals surface area contributed by atoms with Crippen LogP contribution in [0.3, 0.4) is 0 Å². The molecule has 1 aromatic carbocycles. The quantitative estimate of drug-likeness (QED) is 0.0573. The number of nitrogens with zero attached hydrogens (tertiary/aromatic N) is 2. The van der Waals surface area contributed by atoms with Crippen molar-refractivity contribution in [1.82, 2.24) is 0 Å². The average Bonchev–Trinajstić information content (AvgIpc) is 3.02. The van der Waals surface area contributed by atoms with Gasteiger partial charge in [0.1, 0.15) is 24.6 Å². The first-order chi connectivity index (χ1) is 22.2. The molecule has 0 radical (unpaired) electrons. The number of ether oxygens (including phenoxy) is 2. The maximum atomic E-state index is 5.97. The molecule has 4 nitrogen and oxygen atoms in total. The standard InChI is InChI=1S/C42H82N2O2/c1-9-11-13-15-17-19-21-23-25-27-29-31-33-43(3,4)37-39-35-42(46-8)40(36-41(39)45-7)38-44(5,6)34-32-30-28-26-24-22-20-18-16-14-12-10-2/h35-36H,9-34,37-38H2,1-8H3/q+2. The molecule has 1 aromatic rings. The second kappa shape index (κ2) is 26.7. The number of hydrogen-bond acceptors (Lipinski definition) is 2. The number of methoxy groups -OCH3 is 2. The van der Waals surface area contributed by atoms with Gasteiger partial charge in [-0.15, -0.1) is 0 Å². The minimum atomic E-state index is 0.967. The van der Waals surface area contributed by atoms with Crippen molar-refractivity contribution in [2.24, 2.45) is 0 Å². The summed E-state index contributed by atoms with van der Waals surface area (Å²) in [6.45, 7) is 8.94. The van der Waals surface area contributed by atoms with E-state index in [2.05, 4.69) is 54.2 Å². The van der Waals surface area contributed by atoms with E-state index in [4.69, 9.17) is 9.47 Å². The summed E-state index contributed by atoms with van der Waals surface area (Å²) in [5.41, 5.74) is 2.52. The second-order valence-electron chi connectivity index (χ2n) is 15.9. The lowest BCUT2D eigenvalue weighted by molar-refractivity contribution is -0.904. The Balaban J connectivity index is 2.42. The molecule has 0 saturated carbocycles. The van der Waals surface area contributed by atoms with E-state index in [9.17, 15) is 0 Å². The van der Waals surface area contributed by atoms with Gasteiger partial charge in [-0.25, -0.2) is 0 Å². The Labute approximate surface area is 289 Å². The van der Waals surface area contributed by atoms with Crippen LogP contribution in [0, 0.1) is 0 Å². The molecule has 0 spiro atoms. The van der Waals surface area contributed by atoms with Crippen molar-refractivity contribution in [3.05, 3.63) is 23.3 Å². The summed E-state index contributed by atoms with van der Waals surface area (Å²) in [4.78, 5) is 0. The molecule has 0 amide bonds. The molecule has 0 fully saturated rings.